The first-order valence-electron chi connectivity index (χ1n) is 3.96. The Morgan fingerprint density at radius 2 is 2.08 bits per heavy atom. The van der Waals surface area contributed by atoms with Crippen molar-refractivity contribution in [2.75, 3.05) is 0 Å². The van der Waals surface area contributed by atoms with E-state index < -0.39 is 0 Å². The zero-order valence-corrected chi connectivity index (χ0v) is 7.04. The Morgan fingerprint density at radius 1 is 1.42 bits per heavy atom. The molecule has 0 aromatic heterocycles. The van der Waals surface area contributed by atoms with Crippen molar-refractivity contribution in [3.8, 4) is 11.8 Å². The maximum Gasteiger partial charge on any atom is 0.122 e. The van der Waals surface area contributed by atoms with Gasteiger partial charge in [0, 0.05) is 5.56 Å². The van der Waals surface area contributed by atoms with Gasteiger partial charge >= 0.3 is 0 Å². The van der Waals surface area contributed by atoms with Crippen LogP contribution >= 0.6 is 0 Å². The van der Waals surface area contributed by atoms with Crippen molar-refractivity contribution in [3.63, 3.8) is 0 Å². The molecule has 2 heteroatoms. The maximum absolute atomic E-state index is 9.57. The minimum absolute atomic E-state index is 0.277. The van der Waals surface area contributed by atoms with E-state index in [4.69, 9.17) is 5.26 Å². The van der Waals surface area contributed by atoms with Crippen molar-refractivity contribution >= 4 is 0 Å². The molecular formula is C10H11NO. The van der Waals surface area contributed by atoms with Gasteiger partial charge in [-0.25, -0.2) is 0 Å². The summed E-state index contributed by atoms with van der Waals surface area (Å²) >= 11 is 0. The minimum atomic E-state index is 0.277. The number of aromatic hydroxyl groups is 1. The van der Waals surface area contributed by atoms with Gasteiger partial charge in [-0.3, -0.25) is 0 Å². The van der Waals surface area contributed by atoms with Gasteiger partial charge in [0.1, 0.15) is 5.75 Å². The molecule has 0 amide bonds. The lowest BCUT2D eigenvalue weighted by Gasteiger charge is -2.04. The van der Waals surface area contributed by atoms with E-state index in [0.717, 1.165) is 17.5 Å². The molecule has 0 unspecified atom stereocenters. The first-order chi connectivity index (χ1) is 5.79. The van der Waals surface area contributed by atoms with Crippen LogP contribution in [0, 0.1) is 11.3 Å². The summed E-state index contributed by atoms with van der Waals surface area (Å²) in [5.74, 6) is 0.279. The average molecular weight is 161 g/mol. The predicted molar refractivity (Wildman–Crippen MR) is 46.8 cm³/mol. The molecule has 0 atom stereocenters. The summed E-state index contributed by atoms with van der Waals surface area (Å²) in [7, 11) is 0. The third kappa shape index (κ3) is 1.57. The maximum atomic E-state index is 9.57. The van der Waals surface area contributed by atoms with E-state index in [1.807, 2.05) is 25.1 Å². The number of hydrogen-bond donors (Lipinski definition) is 1. The second-order valence-corrected chi connectivity index (χ2v) is 2.61. The van der Waals surface area contributed by atoms with E-state index in [1.165, 1.54) is 0 Å². The van der Waals surface area contributed by atoms with Gasteiger partial charge in [-0.1, -0.05) is 25.1 Å². The van der Waals surface area contributed by atoms with Crippen LogP contribution in [-0.4, -0.2) is 5.11 Å². The zero-order valence-electron chi connectivity index (χ0n) is 7.04. The smallest absolute Gasteiger partial charge is 0.122 e. The van der Waals surface area contributed by atoms with Gasteiger partial charge in [0.2, 0.25) is 0 Å². The van der Waals surface area contributed by atoms with Crippen LogP contribution in [0.25, 0.3) is 0 Å². The number of phenols is 1. The van der Waals surface area contributed by atoms with Crippen LogP contribution in [0.15, 0.2) is 18.2 Å². The first-order valence-corrected chi connectivity index (χ1v) is 3.96. The second kappa shape index (κ2) is 3.77. The van der Waals surface area contributed by atoms with Gasteiger partial charge in [0.25, 0.3) is 0 Å². The average Bonchev–Trinajstić information content (AvgIpc) is 2.09. The van der Waals surface area contributed by atoms with Gasteiger partial charge < -0.3 is 5.11 Å². The molecule has 62 valence electrons. The van der Waals surface area contributed by atoms with Gasteiger partial charge in [0.05, 0.1) is 12.5 Å². The molecule has 0 aliphatic rings. The molecule has 0 heterocycles. The van der Waals surface area contributed by atoms with Gasteiger partial charge in [-0.15, -0.1) is 0 Å². The third-order valence-electron chi connectivity index (χ3n) is 1.85. The largest absolute Gasteiger partial charge is 0.507 e. The van der Waals surface area contributed by atoms with Crippen molar-refractivity contribution in [2.45, 2.75) is 19.8 Å². The summed E-state index contributed by atoms with van der Waals surface area (Å²) in [6.07, 6.45) is 1.07. The van der Waals surface area contributed by atoms with E-state index >= 15 is 0 Å². The van der Waals surface area contributed by atoms with Gasteiger partial charge in [-0.05, 0) is 12.0 Å². The zero-order chi connectivity index (χ0) is 8.97. The van der Waals surface area contributed by atoms with E-state index in [1.54, 1.807) is 6.07 Å². The van der Waals surface area contributed by atoms with Crippen molar-refractivity contribution in [1.82, 2.24) is 0 Å². The molecule has 1 rings (SSSR count). The lowest BCUT2D eigenvalue weighted by molar-refractivity contribution is 0.463. The molecule has 0 aliphatic heterocycles. The molecule has 0 bridgehead atoms. The summed E-state index contributed by atoms with van der Waals surface area (Å²) in [5, 5.41) is 18.0. The highest BCUT2D eigenvalue weighted by molar-refractivity contribution is 5.41. The number of nitriles is 1. The number of hydrogen-bond acceptors (Lipinski definition) is 2. The molecule has 12 heavy (non-hydrogen) atoms. The van der Waals surface area contributed by atoms with Crippen LogP contribution in [0.2, 0.25) is 0 Å². The highest BCUT2D eigenvalue weighted by Gasteiger charge is 2.03. The third-order valence-corrected chi connectivity index (χ3v) is 1.85. The van der Waals surface area contributed by atoms with Crippen molar-refractivity contribution < 1.29 is 5.11 Å². The number of nitrogens with zero attached hydrogens (tertiary/aromatic N) is 1. The Balaban J connectivity index is 3.07. The highest BCUT2D eigenvalue weighted by atomic mass is 16.3. The van der Waals surface area contributed by atoms with Crippen molar-refractivity contribution in [2.24, 2.45) is 0 Å². The predicted octanol–water partition coefficient (Wildman–Crippen LogP) is 2.02. The number of phenolic OH excluding ortho intramolecular Hbond substituents is 1. The Labute approximate surface area is 72.1 Å². The van der Waals surface area contributed by atoms with E-state index in [9.17, 15) is 5.11 Å². The number of rotatable bonds is 2. The van der Waals surface area contributed by atoms with Crippen LogP contribution in [-0.2, 0) is 12.8 Å². The number of benzene rings is 1. The first kappa shape index (κ1) is 8.61. The summed E-state index contributed by atoms with van der Waals surface area (Å²) in [4.78, 5) is 0. The van der Waals surface area contributed by atoms with Crippen molar-refractivity contribution in [3.05, 3.63) is 29.3 Å². The molecule has 2 nitrogen and oxygen atoms in total. The highest BCUT2D eigenvalue weighted by Crippen LogP contribution is 2.22. The molecule has 0 saturated heterocycles. The van der Waals surface area contributed by atoms with E-state index in [2.05, 4.69) is 0 Å². The van der Waals surface area contributed by atoms with E-state index in [0.29, 0.717) is 0 Å². The quantitative estimate of drug-likeness (QED) is 0.721. The number of aryl methyl sites for hydroxylation is 1. The fraction of sp³-hybridized carbons (Fsp3) is 0.300. The van der Waals surface area contributed by atoms with Crippen LogP contribution in [0.5, 0.6) is 5.75 Å². The second-order valence-electron chi connectivity index (χ2n) is 2.61. The Kier molecular flexibility index (Phi) is 2.71. The Morgan fingerprint density at radius 3 is 2.67 bits per heavy atom. The molecule has 0 fully saturated rings. The molecule has 1 aromatic carbocycles. The number of para-hydroxylation sites is 1. The Hall–Kier alpha value is -1.49. The molecule has 0 aliphatic carbocycles. The van der Waals surface area contributed by atoms with Crippen molar-refractivity contribution in [1.29, 1.82) is 5.26 Å². The molecular weight excluding hydrogens is 150 g/mol. The summed E-state index contributed by atoms with van der Waals surface area (Å²) < 4.78 is 0. The normalized spacial score (nSPS) is 9.33. The topological polar surface area (TPSA) is 44.0 Å². The lowest BCUT2D eigenvalue weighted by Crippen LogP contribution is -1.87. The van der Waals surface area contributed by atoms with E-state index in [-0.39, 0.29) is 12.2 Å². The SMILES string of the molecule is CCc1cccc(CC#N)c1O. The molecule has 0 spiro atoms. The van der Waals surface area contributed by atoms with Crippen LogP contribution in [0.1, 0.15) is 18.1 Å². The minimum Gasteiger partial charge on any atom is -0.507 e. The van der Waals surface area contributed by atoms with Crippen LogP contribution in [0.4, 0.5) is 0 Å². The summed E-state index contributed by atoms with van der Waals surface area (Å²) in [6.45, 7) is 1.98. The molecule has 1 aromatic rings. The molecule has 0 saturated carbocycles. The summed E-state index contributed by atoms with van der Waals surface area (Å²) in [6, 6.07) is 7.53. The molecule has 0 radical (unpaired) electrons. The Bertz CT molecular complexity index is 312. The van der Waals surface area contributed by atoms with Crippen LogP contribution < -0.4 is 0 Å². The monoisotopic (exact) mass is 161 g/mol. The standard InChI is InChI=1S/C10H11NO/c1-2-8-4-3-5-9(6-7-11)10(8)12/h3-5,12H,2,6H2,1H3. The van der Waals surface area contributed by atoms with Gasteiger partial charge in [-0.2, -0.15) is 5.26 Å². The van der Waals surface area contributed by atoms with Gasteiger partial charge in [0.15, 0.2) is 0 Å². The van der Waals surface area contributed by atoms with Crippen LogP contribution in [0.3, 0.4) is 0 Å². The fourth-order valence-corrected chi connectivity index (χ4v) is 1.16. The lowest BCUT2D eigenvalue weighted by atomic mass is 10.1. The summed E-state index contributed by atoms with van der Waals surface area (Å²) in [5.41, 5.74) is 1.62. The fourth-order valence-electron chi connectivity index (χ4n) is 1.16. The molecule has 1 N–H and O–H groups in total.